The monoisotopic (exact) mass is 562 g/mol. The highest BCUT2D eigenvalue weighted by Crippen LogP contribution is 2.21. The van der Waals surface area contributed by atoms with Crippen LogP contribution in [0.4, 0.5) is 4.79 Å². The number of allylic oxidation sites excluding steroid dienone is 10. The van der Waals surface area contributed by atoms with Gasteiger partial charge in [0.2, 0.25) is 5.91 Å². The fourth-order valence-electron chi connectivity index (χ4n) is 3.21. The minimum atomic E-state index is -0.883. The van der Waals surface area contributed by atoms with Crippen LogP contribution in [0, 0.1) is 5.92 Å². The zero-order chi connectivity index (χ0) is 29.5. The first-order valence-electron chi connectivity index (χ1n) is 13.2. The first kappa shape index (κ1) is 35.6. The SMILES string of the molecule is CC/C=C/[C@H](CCCC(=O)CC[C@H](C)/C(Cl)=C/C=C/C=C(C)/C=C/C=C/C(=O)NCCCC(=O)O)OC(N)=O. The van der Waals surface area contributed by atoms with E-state index in [0.29, 0.717) is 50.1 Å². The van der Waals surface area contributed by atoms with Gasteiger partial charge < -0.3 is 20.9 Å². The van der Waals surface area contributed by atoms with E-state index in [9.17, 15) is 19.2 Å². The summed E-state index contributed by atoms with van der Waals surface area (Å²) < 4.78 is 5.05. The molecule has 2 atom stereocenters. The number of hydrogen-bond acceptors (Lipinski definition) is 5. The maximum Gasteiger partial charge on any atom is 0.405 e. The largest absolute Gasteiger partial charge is 0.481 e. The lowest BCUT2D eigenvalue weighted by Crippen LogP contribution is -2.22. The van der Waals surface area contributed by atoms with Crippen molar-refractivity contribution in [2.45, 2.75) is 78.2 Å². The number of nitrogens with two attached hydrogens (primary N) is 1. The van der Waals surface area contributed by atoms with Gasteiger partial charge in [-0.2, -0.15) is 0 Å². The Balaban J connectivity index is 4.40. The molecule has 0 spiro atoms. The Bertz CT molecular complexity index is 962. The Kier molecular flexibility index (Phi) is 20.6. The van der Waals surface area contributed by atoms with Gasteiger partial charge in [-0.15, -0.1) is 0 Å². The molecule has 0 aliphatic heterocycles. The molecule has 9 heteroatoms. The summed E-state index contributed by atoms with van der Waals surface area (Å²) in [7, 11) is 0. The normalized spacial score (nSPS) is 14.4. The highest BCUT2D eigenvalue weighted by molar-refractivity contribution is 6.29. The maximum atomic E-state index is 12.3. The van der Waals surface area contributed by atoms with E-state index < -0.39 is 18.2 Å². The summed E-state index contributed by atoms with van der Waals surface area (Å²) in [5.74, 6) is -0.963. The summed E-state index contributed by atoms with van der Waals surface area (Å²) >= 11 is 6.39. The lowest BCUT2D eigenvalue weighted by atomic mass is 9.99. The van der Waals surface area contributed by atoms with Gasteiger partial charge in [-0.25, -0.2) is 4.79 Å². The third-order valence-corrected chi connectivity index (χ3v) is 5.93. The lowest BCUT2D eigenvalue weighted by molar-refractivity contribution is -0.137. The first-order valence-corrected chi connectivity index (χ1v) is 13.6. The van der Waals surface area contributed by atoms with E-state index >= 15 is 0 Å². The number of halogens is 1. The fraction of sp³-hybridized carbons (Fsp3) is 0.467. The van der Waals surface area contributed by atoms with E-state index in [1.807, 2.05) is 57.2 Å². The van der Waals surface area contributed by atoms with Crippen molar-refractivity contribution in [2.24, 2.45) is 11.7 Å². The number of nitrogens with one attached hydrogen (secondary N) is 1. The van der Waals surface area contributed by atoms with Gasteiger partial charge in [0, 0.05) is 36.9 Å². The van der Waals surface area contributed by atoms with Gasteiger partial charge in [0.15, 0.2) is 0 Å². The molecule has 0 heterocycles. The minimum Gasteiger partial charge on any atom is -0.481 e. The quantitative estimate of drug-likeness (QED) is 0.0690. The average Bonchev–Trinajstić information content (AvgIpc) is 2.88. The van der Waals surface area contributed by atoms with E-state index in [1.165, 1.54) is 6.08 Å². The van der Waals surface area contributed by atoms with Gasteiger partial charge in [-0.3, -0.25) is 14.4 Å². The number of amides is 2. The average molecular weight is 563 g/mol. The molecule has 0 aromatic rings. The number of rotatable bonds is 20. The van der Waals surface area contributed by atoms with Crippen LogP contribution in [0.25, 0.3) is 0 Å². The molecule has 39 heavy (non-hydrogen) atoms. The summed E-state index contributed by atoms with van der Waals surface area (Å²) in [5, 5.41) is 11.8. The third-order valence-electron chi connectivity index (χ3n) is 5.44. The van der Waals surface area contributed by atoms with Crippen LogP contribution >= 0.6 is 11.6 Å². The number of hydrogen-bond donors (Lipinski definition) is 3. The highest BCUT2D eigenvalue weighted by Gasteiger charge is 2.12. The highest BCUT2D eigenvalue weighted by atomic mass is 35.5. The van der Waals surface area contributed by atoms with Crippen LogP contribution in [-0.4, -0.2) is 41.5 Å². The summed E-state index contributed by atoms with van der Waals surface area (Å²) in [6.07, 6.45) is 20.4. The molecule has 0 saturated carbocycles. The molecule has 4 N–H and O–H groups in total. The predicted molar refractivity (Wildman–Crippen MR) is 156 cm³/mol. The minimum absolute atomic E-state index is 0.0244. The van der Waals surface area contributed by atoms with E-state index in [-0.39, 0.29) is 24.0 Å². The van der Waals surface area contributed by atoms with Gasteiger partial charge in [0.25, 0.3) is 0 Å². The Labute approximate surface area is 237 Å². The molecule has 0 aliphatic rings. The van der Waals surface area contributed by atoms with Gasteiger partial charge >= 0.3 is 12.1 Å². The molecule has 0 aromatic carbocycles. The van der Waals surface area contributed by atoms with Gasteiger partial charge in [-0.1, -0.05) is 73.6 Å². The Morgan fingerprint density at radius 1 is 0.974 bits per heavy atom. The van der Waals surface area contributed by atoms with Crippen LogP contribution < -0.4 is 11.1 Å². The van der Waals surface area contributed by atoms with Crippen LogP contribution in [-0.2, 0) is 19.1 Å². The van der Waals surface area contributed by atoms with Gasteiger partial charge in [-0.05, 0) is 57.1 Å². The molecular formula is C30H43ClN2O6. The van der Waals surface area contributed by atoms with E-state index in [1.54, 1.807) is 18.2 Å². The molecular weight excluding hydrogens is 520 g/mol. The second-order valence-corrected chi connectivity index (χ2v) is 9.47. The summed E-state index contributed by atoms with van der Waals surface area (Å²) in [5.41, 5.74) is 6.07. The second kappa shape index (κ2) is 22.6. The molecule has 0 radical (unpaired) electrons. The number of Topliss-reactive ketones (excluding diaryl/α,β-unsaturated/α-hetero) is 1. The predicted octanol–water partition coefficient (Wildman–Crippen LogP) is 6.29. The molecule has 0 aliphatic carbocycles. The maximum absolute atomic E-state index is 12.3. The molecule has 216 valence electrons. The zero-order valence-electron chi connectivity index (χ0n) is 23.2. The number of carbonyl (C=O) groups excluding carboxylic acids is 3. The van der Waals surface area contributed by atoms with Gasteiger partial charge in [0.05, 0.1) is 0 Å². The second-order valence-electron chi connectivity index (χ2n) is 9.04. The molecule has 2 amide bonds. The fourth-order valence-corrected chi connectivity index (χ4v) is 3.39. The standard InChI is InChI=1S/C30H43ClN2O6/c1-4-5-15-26(39-30(32)38)16-10-14-25(34)21-20-24(3)27(31)17-8-6-12-23(2)13-7-9-18-28(35)33-22-11-19-29(36)37/h5-9,12-13,15,17-18,24,26H,4,10-11,14,16,19-22H2,1-3H3,(H2,32,38)(H,33,35)(H,36,37)/b8-6+,13-7+,15-5+,18-9+,23-12+,27-17-/t24-,26+/m0/s1. The van der Waals surface area contributed by atoms with Crippen LogP contribution in [0.15, 0.2) is 71.4 Å². The zero-order valence-corrected chi connectivity index (χ0v) is 24.0. The Hall–Kier alpha value is -3.39. The topological polar surface area (TPSA) is 136 Å². The summed E-state index contributed by atoms with van der Waals surface area (Å²) in [4.78, 5) is 45.3. The Morgan fingerprint density at radius 2 is 1.67 bits per heavy atom. The van der Waals surface area contributed by atoms with E-state index in [2.05, 4.69) is 5.32 Å². The van der Waals surface area contributed by atoms with Crippen molar-refractivity contribution in [3.05, 3.63) is 71.4 Å². The number of primary amides is 1. The van der Waals surface area contributed by atoms with Crippen LogP contribution in [0.1, 0.15) is 72.1 Å². The summed E-state index contributed by atoms with van der Waals surface area (Å²) in [6, 6.07) is 0. The third kappa shape index (κ3) is 22.3. The van der Waals surface area contributed by atoms with Crippen molar-refractivity contribution in [1.29, 1.82) is 0 Å². The van der Waals surface area contributed by atoms with Crippen molar-refractivity contribution < 1.29 is 29.0 Å². The van der Waals surface area contributed by atoms with Crippen molar-refractivity contribution in [2.75, 3.05) is 6.54 Å². The lowest BCUT2D eigenvalue weighted by Gasteiger charge is -2.13. The number of aliphatic carboxylic acids is 1. The van der Waals surface area contributed by atoms with E-state index in [4.69, 9.17) is 27.2 Å². The molecule has 0 saturated heterocycles. The first-order chi connectivity index (χ1) is 18.5. The molecule has 0 fully saturated rings. The number of carboxylic acids is 1. The number of ketones is 1. The van der Waals surface area contributed by atoms with Crippen molar-refractivity contribution in [1.82, 2.24) is 5.32 Å². The van der Waals surface area contributed by atoms with Gasteiger partial charge in [0.1, 0.15) is 11.9 Å². The van der Waals surface area contributed by atoms with Crippen LogP contribution in [0.2, 0.25) is 0 Å². The summed E-state index contributed by atoms with van der Waals surface area (Å²) in [6.45, 7) is 6.20. The van der Waals surface area contributed by atoms with Crippen LogP contribution in [0.5, 0.6) is 0 Å². The van der Waals surface area contributed by atoms with Crippen molar-refractivity contribution >= 4 is 35.4 Å². The molecule has 8 nitrogen and oxygen atoms in total. The molecule has 0 aromatic heterocycles. The molecule has 0 unspecified atom stereocenters. The number of carboxylic acid groups (broad SMARTS) is 1. The molecule has 0 rings (SSSR count). The smallest absolute Gasteiger partial charge is 0.405 e. The van der Waals surface area contributed by atoms with Crippen LogP contribution in [0.3, 0.4) is 0 Å². The van der Waals surface area contributed by atoms with Crippen molar-refractivity contribution in [3.8, 4) is 0 Å². The molecule has 0 bridgehead atoms. The van der Waals surface area contributed by atoms with E-state index in [0.717, 1.165) is 12.0 Å². The van der Waals surface area contributed by atoms with Crippen molar-refractivity contribution in [3.63, 3.8) is 0 Å². The number of ether oxygens (including phenoxy) is 1. The Morgan fingerprint density at radius 3 is 2.33 bits per heavy atom. The number of carbonyl (C=O) groups is 4.